The number of hydrogen-bond donors (Lipinski definition) is 0. The van der Waals surface area contributed by atoms with Crippen LogP contribution in [0.15, 0.2) is 29.4 Å². The first kappa shape index (κ1) is 17.2. The Morgan fingerprint density at radius 1 is 1.11 bits per heavy atom. The number of rotatable bonds is 5. The van der Waals surface area contributed by atoms with Gasteiger partial charge in [-0.25, -0.2) is 0 Å². The lowest BCUT2D eigenvalue weighted by Gasteiger charge is -2.13. The molecule has 1 aliphatic heterocycles. The largest absolute Gasteiger partial charge is 0.496 e. The molecular formula is C18H17N3O6. The van der Waals surface area contributed by atoms with E-state index in [9.17, 15) is 19.7 Å². The molecule has 4 rings (SSSR count). The summed E-state index contributed by atoms with van der Waals surface area (Å²) in [5, 5.41) is 16.1. The van der Waals surface area contributed by atoms with Crippen LogP contribution in [0.2, 0.25) is 0 Å². The summed E-state index contributed by atoms with van der Waals surface area (Å²) in [6, 6.07) is 2.60. The maximum absolute atomic E-state index is 12.6. The number of benzene rings is 1. The summed E-state index contributed by atoms with van der Waals surface area (Å²) in [5.41, 5.74) is 0.00157. The van der Waals surface area contributed by atoms with Gasteiger partial charge in [-0.2, -0.15) is 10.1 Å². The Labute approximate surface area is 154 Å². The number of fused-ring (bicyclic) bond motifs is 5. The van der Waals surface area contributed by atoms with Gasteiger partial charge in [-0.3, -0.25) is 19.7 Å². The number of hydrogen-bond acceptors (Lipinski definition) is 7. The highest BCUT2D eigenvalue weighted by molar-refractivity contribution is 6.07. The first-order valence-corrected chi connectivity index (χ1v) is 8.46. The molecule has 9 heteroatoms. The fourth-order valence-electron chi connectivity index (χ4n) is 4.27. The van der Waals surface area contributed by atoms with Crippen LogP contribution >= 0.6 is 0 Å². The van der Waals surface area contributed by atoms with Gasteiger partial charge in [-0.15, -0.1) is 0 Å². The van der Waals surface area contributed by atoms with E-state index in [1.54, 1.807) is 0 Å². The molecule has 2 fully saturated rings. The molecule has 2 amide bonds. The van der Waals surface area contributed by atoms with E-state index in [1.807, 2.05) is 12.2 Å². The van der Waals surface area contributed by atoms with Crippen molar-refractivity contribution >= 4 is 23.7 Å². The number of ether oxygens (including phenoxy) is 2. The highest BCUT2D eigenvalue weighted by atomic mass is 16.6. The molecule has 0 spiro atoms. The molecule has 0 aromatic heterocycles. The number of allylic oxidation sites excluding steroid dienone is 2. The average molecular weight is 371 g/mol. The van der Waals surface area contributed by atoms with E-state index in [4.69, 9.17) is 9.47 Å². The van der Waals surface area contributed by atoms with Gasteiger partial charge in [0.05, 0.1) is 37.2 Å². The SMILES string of the molecule is COc1cc(OC)c([N+](=O)[O-])cc1/C=N\N1C(=O)[C@@H]2[C@@H](C1=O)[C@@H]1C=C[C@@H]2C1. The fourth-order valence-corrected chi connectivity index (χ4v) is 4.27. The van der Waals surface area contributed by atoms with Gasteiger partial charge in [0.25, 0.3) is 11.8 Å². The van der Waals surface area contributed by atoms with Crippen molar-refractivity contribution in [1.82, 2.24) is 5.01 Å². The van der Waals surface area contributed by atoms with Crippen molar-refractivity contribution in [2.45, 2.75) is 6.42 Å². The monoisotopic (exact) mass is 371 g/mol. The molecule has 1 heterocycles. The second-order valence-corrected chi connectivity index (χ2v) is 6.76. The Morgan fingerprint density at radius 3 is 2.22 bits per heavy atom. The van der Waals surface area contributed by atoms with Crippen LogP contribution < -0.4 is 9.47 Å². The van der Waals surface area contributed by atoms with Crippen LogP contribution in [0.4, 0.5) is 5.69 Å². The molecule has 3 aliphatic rings. The summed E-state index contributed by atoms with van der Waals surface area (Å²) in [5.74, 6) is -0.836. The third kappa shape index (κ3) is 2.49. The van der Waals surface area contributed by atoms with Crippen molar-refractivity contribution in [1.29, 1.82) is 0 Å². The van der Waals surface area contributed by atoms with E-state index >= 15 is 0 Å². The average Bonchev–Trinajstić information content (AvgIpc) is 3.34. The van der Waals surface area contributed by atoms with Crippen molar-refractivity contribution in [3.63, 3.8) is 0 Å². The van der Waals surface area contributed by atoms with E-state index in [0.29, 0.717) is 0 Å². The number of carbonyl (C=O) groups is 2. The second kappa shape index (κ2) is 6.19. The molecule has 1 saturated carbocycles. The van der Waals surface area contributed by atoms with Crippen molar-refractivity contribution in [2.75, 3.05) is 14.2 Å². The first-order valence-electron chi connectivity index (χ1n) is 8.46. The van der Waals surface area contributed by atoms with Crippen molar-refractivity contribution in [2.24, 2.45) is 28.8 Å². The third-order valence-corrected chi connectivity index (χ3v) is 5.49. The Balaban J connectivity index is 1.65. The lowest BCUT2D eigenvalue weighted by molar-refractivity contribution is -0.385. The molecule has 0 unspecified atom stereocenters. The van der Waals surface area contributed by atoms with Crippen LogP contribution in [0.5, 0.6) is 11.5 Å². The van der Waals surface area contributed by atoms with Gasteiger partial charge >= 0.3 is 5.69 Å². The molecule has 27 heavy (non-hydrogen) atoms. The lowest BCUT2D eigenvalue weighted by atomic mass is 9.85. The van der Waals surface area contributed by atoms with Crippen molar-refractivity contribution < 1.29 is 24.0 Å². The summed E-state index contributed by atoms with van der Waals surface area (Å²) < 4.78 is 10.2. The predicted molar refractivity (Wildman–Crippen MR) is 93.4 cm³/mol. The molecule has 1 aromatic rings. The van der Waals surface area contributed by atoms with E-state index in [2.05, 4.69) is 5.10 Å². The summed E-state index contributed by atoms with van der Waals surface area (Å²) in [7, 11) is 2.72. The Hall–Kier alpha value is -3.23. The summed E-state index contributed by atoms with van der Waals surface area (Å²) in [6.45, 7) is 0. The van der Waals surface area contributed by atoms with Gasteiger partial charge in [0.15, 0.2) is 0 Å². The topological polar surface area (TPSA) is 111 Å². The quantitative estimate of drug-likeness (QED) is 0.256. The molecule has 2 bridgehead atoms. The molecular weight excluding hydrogens is 354 g/mol. The van der Waals surface area contributed by atoms with Crippen LogP contribution in [0, 0.1) is 33.8 Å². The summed E-state index contributed by atoms with van der Waals surface area (Å²) in [6.07, 6.45) is 6.07. The maximum atomic E-state index is 12.6. The number of imide groups is 1. The van der Waals surface area contributed by atoms with E-state index in [-0.39, 0.29) is 58.2 Å². The third-order valence-electron chi connectivity index (χ3n) is 5.49. The van der Waals surface area contributed by atoms with Crippen LogP contribution in [-0.4, -0.2) is 42.2 Å². The lowest BCUT2D eigenvalue weighted by Crippen LogP contribution is -2.28. The van der Waals surface area contributed by atoms with Crippen LogP contribution in [0.3, 0.4) is 0 Å². The first-order chi connectivity index (χ1) is 13.0. The van der Waals surface area contributed by atoms with Crippen LogP contribution in [-0.2, 0) is 9.59 Å². The summed E-state index contributed by atoms with van der Waals surface area (Å²) >= 11 is 0. The number of hydrazone groups is 1. The molecule has 1 aromatic carbocycles. The van der Waals surface area contributed by atoms with Crippen molar-refractivity contribution in [3.8, 4) is 11.5 Å². The Morgan fingerprint density at radius 2 is 1.70 bits per heavy atom. The van der Waals surface area contributed by atoms with E-state index < -0.39 is 4.92 Å². The minimum Gasteiger partial charge on any atom is -0.496 e. The molecule has 0 N–H and O–H groups in total. The summed E-state index contributed by atoms with van der Waals surface area (Å²) in [4.78, 5) is 35.9. The number of amides is 2. The maximum Gasteiger partial charge on any atom is 0.311 e. The highest BCUT2D eigenvalue weighted by Gasteiger charge is 2.59. The predicted octanol–water partition coefficient (Wildman–Crippen LogP) is 1.75. The second-order valence-electron chi connectivity index (χ2n) is 6.76. The van der Waals surface area contributed by atoms with Gasteiger partial charge in [0.2, 0.25) is 5.75 Å². The fraction of sp³-hybridized carbons (Fsp3) is 0.389. The highest BCUT2D eigenvalue weighted by Crippen LogP contribution is 2.52. The Kier molecular flexibility index (Phi) is 3.94. The molecule has 9 nitrogen and oxygen atoms in total. The van der Waals surface area contributed by atoms with Gasteiger partial charge in [0.1, 0.15) is 5.75 Å². The molecule has 2 aliphatic carbocycles. The smallest absolute Gasteiger partial charge is 0.311 e. The van der Waals surface area contributed by atoms with E-state index in [0.717, 1.165) is 11.4 Å². The number of methoxy groups -OCH3 is 2. The standard InChI is InChI=1S/C18H17N3O6/c1-26-13-7-14(27-2)12(21(24)25)6-11(13)8-19-20-17(22)15-9-3-4-10(5-9)16(15)18(20)23/h3-4,6-10,15-16H,5H2,1-2H3/b19-8-/t9-,10-,15+,16+/m1/s1. The normalized spacial score (nSPS) is 28.3. The van der Waals surface area contributed by atoms with Gasteiger partial charge in [-0.05, 0) is 18.3 Å². The number of nitro benzene ring substituents is 1. The Bertz CT molecular complexity index is 879. The van der Waals surface area contributed by atoms with Gasteiger partial charge in [0, 0.05) is 17.7 Å². The molecule has 1 saturated heterocycles. The molecule has 0 radical (unpaired) electrons. The zero-order valence-electron chi connectivity index (χ0n) is 14.7. The number of nitro groups is 1. The number of carbonyl (C=O) groups excluding carboxylic acids is 2. The minimum absolute atomic E-state index is 0.0412. The molecule has 140 valence electrons. The van der Waals surface area contributed by atoms with Crippen LogP contribution in [0.25, 0.3) is 0 Å². The van der Waals surface area contributed by atoms with Gasteiger partial charge < -0.3 is 9.47 Å². The zero-order chi connectivity index (χ0) is 19.3. The van der Waals surface area contributed by atoms with Crippen LogP contribution in [0.1, 0.15) is 12.0 Å². The molecule has 4 atom stereocenters. The number of nitrogens with zero attached hydrogens (tertiary/aromatic N) is 3. The van der Waals surface area contributed by atoms with Crippen molar-refractivity contribution in [3.05, 3.63) is 40.0 Å². The van der Waals surface area contributed by atoms with Gasteiger partial charge in [-0.1, -0.05) is 12.2 Å². The van der Waals surface area contributed by atoms with E-state index in [1.165, 1.54) is 32.6 Å². The zero-order valence-corrected chi connectivity index (χ0v) is 14.7. The minimum atomic E-state index is -0.588.